The van der Waals surface area contributed by atoms with Gasteiger partial charge in [-0.25, -0.2) is 0 Å². The highest BCUT2D eigenvalue weighted by Gasteiger charge is 2.20. The summed E-state index contributed by atoms with van der Waals surface area (Å²) in [6.45, 7) is 8.63. The summed E-state index contributed by atoms with van der Waals surface area (Å²) in [6, 6.07) is 0.511. The largest absolute Gasteiger partial charge is 0.338 e. The van der Waals surface area contributed by atoms with E-state index in [-0.39, 0.29) is 0 Å². The zero-order chi connectivity index (χ0) is 12.1. The third kappa shape index (κ3) is 3.78. The molecule has 2 heterocycles. The van der Waals surface area contributed by atoms with Crippen LogP contribution in [-0.4, -0.2) is 40.7 Å². The molecule has 0 amide bonds. The molecular weight excluding hydrogens is 216 g/mol. The molecule has 1 aromatic heterocycles. The summed E-state index contributed by atoms with van der Waals surface area (Å²) in [4.78, 5) is 6.52. The van der Waals surface area contributed by atoms with Crippen LogP contribution in [0.5, 0.6) is 0 Å². The minimum absolute atomic E-state index is 0.511. The van der Waals surface area contributed by atoms with Crippen LogP contribution in [0.15, 0.2) is 10.9 Å². The lowest BCUT2D eigenvalue weighted by atomic mass is 9.97. The van der Waals surface area contributed by atoms with E-state index >= 15 is 0 Å². The summed E-state index contributed by atoms with van der Waals surface area (Å²) in [5.41, 5.74) is 0. The Balaban J connectivity index is 1.87. The van der Waals surface area contributed by atoms with Gasteiger partial charge in [0.15, 0.2) is 6.33 Å². The summed E-state index contributed by atoms with van der Waals surface area (Å²) < 4.78 is 5.09. The molecule has 0 spiro atoms. The maximum absolute atomic E-state index is 5.09. The second kappa shape index (κ2) is 6.12. The normalized spacial score (nSPS) is 18.1. The van der Waals surface area contributed by atoms with Gasteiger partial charge >= 0.3 is 0 Å². The van der Waals surface area contributed by atoms with Gasteiger partial charge in [0.25, 0.3) is 0 Å². The second-order valence-corrected chi connectivity index (χ2v) is 5.05. The summed E-state index contributed by atoms with van der Waals surface area (Å²) in [5, 5.41) is 7.06. The van der Waals surface area contributed by atoms with Crippen molar-refractivity contribution in [3.05, 3.63) is 12.2 Å². The van der Waals surface area contributed by atoms with Crippen LogP contribution in [0.3, 0.4) is 0 Å². The van der Waals surface area contributed by atoms with Crippen LogP contribution in [0.2, 0.25) is 0 Å². The van der Waals surface area contributed by atoms with Gasteiger partial charge in [0.2, 0.25) is 5.89 Å². The van der Waals surface area contributed by atoms with Crippen molar-refractivity contribution in [3.8, 4) is 0 Å². The standard InChI is InChI=1S/C12H22N4O/c1-10(2)16(8-12-14-9-15-17-12)7-11-3-5-13-6-4-11/h9-11,13H,3-8H2,1-2H3. The first-order valence-electron chi connectivity index (χ1n) is 6.46. The lowest BCUT2D eigenvalue weighted by molar-refractivity contribution is 0.144. The number of nitrogens with zero attached hydrogens (tertiary/aromatic N) is 3. The van der Waals surface area contributed by atoms with Crippen molar-refractivity contribution in [2.75, 3.05) is 19.6 Å². The van der Waals surface area contributed by atoms with Crippen molar-refractivity contribution < 1.29 is 4.52 Å². The van der Waals surface area contributed by atoms with Crippen molar-refractivity contribution in [1.82, 2.24) is 20.4 Å². The highest BCUT2D eigenvalue weighted by Crippen LogP contribution is 2.16. The fourth-order valence-corrected chi connectivity index (χ4v) is 2.29. The molecule has 17 heavy (non-hydrogen) atoms. The van der Waals surface area contributed by atoms with Crippen LogP contribution in [0.25, 0.3) is 0 Å². The SMILES string of the molecule is CC(C)N(Cc1ncno1)CC1CCNCC1. The van der Waals surface area contributed by atoms with E-state index < -0.39 is 0 Å². The number of rotatable bonds is 5. The van der Waals surface area contributed by atoms with Gasteiger partial charge < -0.3 is 9.84 Å². The number of piperidine rings is 1. The number of hydrogen-bond acceptors (Lipinski definition) is 5. The van der Waals surface area contributed by atoms with E-state index in [1.54, 1.807) is 0 Å². The molecule has 2 rings (SSSR count). The van der Waals surface area contributed by atoms with Gasteiger partial charge in [-0.05, 0) is 45.7 Å². The molecule has 0 saturated carbocycles. The molecule has 1 aliphatic heterocycles. The first-order chi connectivity index (χ1) is 8.25. The van der Waals surface area contributed by atoms with Crippen molar-refractivity contribution in [2.24, 2.45) is 5.92 Å². The van der Waals surface area contributed by atoms with E-state index in [2.05, 4.69) is 34.2 Å². The quantitative estimate of drug-likeness (QED) is 0.837. The molecule has 5 nitrogen and oxygen atoms in total. The average Bonchev–Trinajstić information content (AvgIpc) is 2.82. The minimum atomic E-state index is 0.511. The zero-order valence-corrected chi connectivity index (χ0v) is 10.7. The summed E-state index contributed by atoms with van der Waals surface area (Å²) in [6.07, 6.45) is 4.01. The maximum atomic E-state index is 5.09. The van der Waals surface area contributed by atoms with Crippen LogP contribution in [-0.2, 0) is 6.54 Å². The molecule has 0 aliphatic carbocycles. The van der Waals surface area contributed by atoms with E-state index in [1.807, 2.05) is 0 Å². The van der Waals surface area contributed by atoms with Crippen molar-refractivity contribution in [3.63, 3.8) is 0 Å². The van der Waals surface area contributed by atoms with E-state index in [4.69, 9.17) is 4.52 Å². The first-order valence-corrected chi connectivity index (χ1v) is 6.46. The van der Waals surface area contributed by atoms with Gasteiger partial charge in [0, 0.05) is 12.6 Å². The van der Waals surface area contributed by atoms with Gasteiger partial charge in [-0.15, -0.1) is 0 Å². The van der Waals surface area contributed by atoms with E-state index in [1.165, 1.54) is 19.2 Å². The molecule has 0 atom stereocenters. The molecule has 1 N–H and O–H groups in total. The van der Waals surface area contributed by atoms with Crippen LogP contribution >= 0.6 is 0 Å². The molecule has 1 aliphatic rings. The predicted octanol–water partition coefficient (Wildman–Crippen LogP) is 1.28. The topological polar surface area (TPSA) is 54.2 Å². The third-order valence-electron chi connectivity index (χ3n) is 3.43. The van der Waals surface area contributed by atoms with Crippen LogP contribution in [0, 0.1) is 5.92 Å². The Bertz CT molecular complexity index is 306. The molecule has 1 fully saturated rings. The Morgan fingerprint density at radius 2 is 2.24 bits per heavy atom. The molecule has 0 bridgehead atoms. The molecule has 0 aromatic carbocycles. The first kappa shape index (κ1) is 12.5. The maximum Gasteiger partial charge on any atom is 0.240 e. The molecule has 96 valence electrons. The predicted molar refractivity (Wildman–Crippen MR) is 65.4 cm³/mol. The molecule has 0 radical (unpaired) electrons. The Kier molecular flexibility index (Phi) is 4.50. The lowest BCUT2D eigenvalue weighted by Crippen LogP contribution is -2.39. The summed E-state index contributed by atoms with van der Waals surface area (Å²) >= 11 is 0. The molecule has 0 unspecified atom stereocenters. The van der Waals surface area contributed by atoms with Crippen LogP contribution in [0.4, 0.5) is 0 Å². The van der Waals surface area contributed by atoms with Crippen molar-refractivity contribution >= 4 is 0 Å². The third-order valence-corrected chi connectivity index (χ3v) is 3.43. The lowest BCUT2D eigenvalue weighted by Gasteiger charge is -2.31. The van der Waals surface area contributed by atoms with E-state index in [0.717, 1.165) is 32.1 Å². The van der Waals surface area contributed by atoms with E-state index in [9.17, 15) is 0 Å². The van der Waals surface area contributed by atoms with E-state index in [0.29, 0.717) is 11.9 Å². The average molecular weight is 238 g/mol. The highest BCUT2D eigenvalue weighted by molar-refractivity contribution is 4.79. The summed E-state index contributed by atoms with van der Waals surface area (Å²) in [7, 11) is 0. The molecular formula is C12H22N4O. The Hall–Kier alpha value is -0.940. The van der Waals surface area contributed by atoms with Gasteiger partial charge in [-0.2, -0.15) is 4.98 Å². The zero-order valence-electron chi connectivity index (χ0n) is 10.7. The number of nitrogens with one attached hydrogen (secondary N) is 1. The summed E-state index contributed by atoms with van der Waals surface area (Å²) in [5.74, 6) is 1.51. The molecule has 1 aromatic rings. The number of hydrogen-bond donors (Lipinski definition) is 1. The van der Waals surface area contributed by atoms with Crippen molar-refractivity contribution in [1.29, 1.82) is 0 Å². The van der Waals surface area contributed by atoms with Gasteiger partial charge in [0.1, 0.15) is 0 Å². The van der Waals surface area contributed by atoms with Crippen LogP contribution in [0.1, 0.15) is 32.6 Å². The van der Waals surface area contributed by atoms with Gasteiger partial charge in [-0.1, -0.05) is 5.16 Å². The minimum Gasteiger partial charge on any atom is -0.338 e. The Morgan fingerprint density at radius 1 is 1.47 bits per heavy atom. The fraction of sp³-hybridized carbons (Fsp3) is 0.833. The van der Waals surface area contributed by atoms with Crippen molar-refractivity contribution in [2.45, 2.75) is 39.3 Å². The van der Waals surface area contributed by atoms with Gasteiger partial charge in [0.05, 0.1) is 6.54 Å². The number of aromatic nitrogens is 2. The smallest absolute Gasteiger partial charge is 0.240 e. The molecule has 1 saturated heterocycles. The monoisotopic (exact) mass is 238 g/mol. The highest BCUT2D eigenvalue weighted by atomic mass is 16.5. The Morgan fingerprint density at radius 3 is 2.82 bits per heavy atom. The molecule has 5 heteroatoms. The van der Waals surface area contributed by atoms with Crippen LogP contribution < -0.4 is 5.32 Å². The van der Waals surface area contributed by atoms with Gasteiger partial charge in [-0.3, -0.25) is 4.90 Å². The fourth-order valence-electron chi connectivity index (χ4n) is 2.29. The second-order valence-electron chi connectivity index (χ2n) is 5.05. The Labute approximate surface area is 103 Å².